The summed E-state index contributed by atoms with van der Waals surface area (Å²) in [6, 6.07) is 0. The lowest BCUT2D eigenvalue weighted by molar-refractivity contribution is 0.420. The Balaban J connectivity index is 1.38. The average Bonchev–Trinajstić information content (AvgIpc) is 3.28. The Bertz CT molecular complexity index is 856. The van der Waals surface area contributed by atoms with E-state index in [-0.39, 0.29) is 23.2 Å². The molecule has 0 amide bonds. The fraction of sp³-hybridized carbons (Fsp3) is 0.812. The highest BCUT2D eigenvalue weighted by Crippen LogP contribution is 2.41. The number of aromatic nitrogens is 2. The SMILES string of the molecule is O=S1(=O)CCC(CCS(=O)(=O)N2CCc3[nH]nc(C4CC4)c3CC2)C1. The number of aromatic amines is 1. The van der Waals surface area contributed by atoms with Crippen molar-refractivity contribution in [3.05, 3.63) is 17.0 Å². The molecule has 1 aliphatic carbocycles. The van der Waals surface area contributed by atoms with Gasteiger partial charge in [-0.15, -0.1) is 0 Å². The number of sulfonamides is 1. The number of sulfone groups is 1. The summed E-state index contributed by atoms with van der Waals surface area (Å²) in [4.78, 5) is 0. The molecule has 140 valence electrons. The van der Waals surface area contributed by atoms with E-state index in [1.54, 1.807) is 4.31 Å². The number of nitrogens with zero attached hydrogens (tertiary/aromatic N) is 2. The van der Waals surface area contributed by atoms with Crippen molar-refractivity contribution in [1.29, 1.82) is 0 Å². The quantitative estimate of drug-likeness (QED) is 0.807. The molecule has 3 aliphatic rings. The molecule has 0 aromatic carbocycles. The van der Waals surface area contributed by atoms with E-state index in [4.69, 9.17) is 0 Å². The molecule has 0 bridgehead atoms. The first kappa shape index (κ1) is 17.5. The van der Waals surface area contributed by atoms with Gasteiger partial charge in [0.1, 0.15) is 0 Å². The topological polar surface area (TPSA) is 100 Å². The van der Waals surface area contributed by atoms with Gasteiger partial charge in [0.15, 0.2) is 9.84 Å². The molecule has 4 rings (SSSR count). The molecule has 3 heterocycles. The molecule has 1 saturated carbocycles. The monoisotopic (exact) mass is 387 g/mol. The van der Waals surface area contributed by atoms with Crippen molar-refractivity contribution < 1.29 is 16.8 Å². The number of hydrogen-bond donors (Lipinski definition) is 1. The van der Waals surface area contributed by atoms with E-state index >= 15 is 0 Å². The summed E-state index contributed by atoms with van der Waals surface area (Å²) in [5.74, 6) is 0.948. The van der Waals surface area contributed by atoms with Gasteiger partial charge >= 0.3 is 0 Å². The molecule has 0 radical (unpaired) electrons. The van der Waals surface area contributed by atoms with E-state index in [9.17, 15) is 16.8 Å². The Morgan fingerprint density at radius 2 is 1.92 bits per heavy atom. The molecule has 7 nitrogen and oxygen atoms in total. The number of rotatable bonds is 5. The highest BCUT2D eigenvalue weighted by atomic mass is 32.2. The Morgan fingerprint density at radius 3 is 2.60 bits per heavy atom. The van der Waals surface area contributed by atoms with Crippen LogP contribution in [0.25, 0.3) is 0 Å². The van der Waals surface area contributed by atoms with Crippen LogP contribution in [0.4, 0.5) is 0 Å². The van der Waals surface area contributed by atoms with Crippen molar-refractivity contribution in [2.45, 2.75) is 44.4 Å². The van der Waals surface area contributed by atoms with Gasteiger partial charge in [-0.05, 0) is 43.6 Å². The lowest BCUT2D eigenvalue weighted by Gasteiger charge is -2.20. The van der Waals surface area contributed by atoms with Crippen molar-refractivity contribution in [2.75, 3.05) is 30.3 Å². The molecule has 9 heteroatoms. The van der Waals surface area contributed by atoms with Crippen molar-refractivity contribution in [3.63, 3.8) is 0 Å². The zero-order chi connectivity index (χ0) is 17.7. The van der Waals surface area contributed by atoms with Crippen LogP contribution in [-0.4, -0.2) is 61.7 Å². The standard InChI is InChI=1S/C16H25N3O4S2/c20-24(21)9-5-12(11-24)6-10-25(22,23)19-7-3-14-15(4-8-19)17-18-16(14)13-1-2-13/h12-13H,1-11H2,(H,17,18). The van der Waals surface area contributed by atoms with Crippen LogP contribution in [0, 0.1) is 5.92 Å². The highest BCUT2D eigenvalue weighted by Gasteiger charge is 2.34. The number of nitrogens with one attached hydrogen (secondary N) is 1. The molecular formula is C16H25N3O4S2. The van der Waals surface area contributed by atoms with Crippen LogP contribution in [0.5, 0.6) is 0 Å². The van der Waals surface area contributed by atoms with Gasteiger partial charge in [0, 0.05) is 31.1 Å². The van der Waals surface area contributed by atoms with E-state index in [1.165, 1.54) is 18.4 Å². The minimum Gasteiger partial charge on any atom is -0.282 e. The van der Waals surface area contributed by atoms with Crippen molar-refractivity contribution in [1.82, 2.24) is 14.5 Å². The summed E-state index contributed by atoms with van der Waals surface area (Å²) < 4.78 is 50.1. The van der Waals surface area contributed by atoms with E-state index in [0.29, 0.717) is 44.7 Å². The third kappa shape index (κ3) is 3.78. The van der Waals surface area contributed by atoms with Crippen LogP contribution in [0.2, 0.25) is 0 Å². The normalized spacial score (nSPS) is 27.1. The van der Waals surface area contributed by atoms with E-state index in [0.717, 1.165) is 11.4 Å². The fourth-order valence-corrected chi connectivity index (χ4v) is 7.54. The molecule has 25 heavy (non-hydrogen) atoms. The van der Waals surface area contributed by atoms with Gasteiger partial charge in [0.05, 0.1) is 23.0 Å². The molecule has 1 atom stereocenters. The van der Waals surface area contributed by atoms with Crippen LogP contribution >= 0.6 is 0 Å². The minimum atomic E-state index is -3.34. The highest BCUT2D eigenvalue weighted by molar-refractivity contribution is 7.91. The third-order valence-corrected chi connectivity index (χ3v) is 9.42. The Kier molecular flexibility index (Phi) is 4.44. The van der Waals surface area contributed by atoms with Crippen LogP contribution in [-0.2, 0) is 32.7 Å². The third-order valence-electron chi connectivity index (χ3n) is 5.68. The van der Waals surface area contributed by atoms with Crippen molar-refractivity contribution >= 4 is 19.9 Å². The summed E-state index contributed by atoms with van der Waals surface area (Å²) >= 11 is 0. The lowest BCUT2D eigenvalue weighted by Crippen LogP contribution is -2.35. The number of hydrogen-bond acceptors (Lipinski definition) is 5. The molecule has 1 saturated heterocycles. The summed E-state index contributed by atoms with van der Waals surface area (Å²) in [6.45, 7) is 0.974. The van der Waals surface area contributed by atoms with Gasteiger partial charge in [0.25, 0.3) is 0 Å². The molecule has 1 unspecified atom stereocenters. The van der Waals surface area contributed by atoms with Crippen LogP contribution < -0.4 is 0 Å². The second-order valence-electron chi connectivity index (χ2n) is 7.61. The van der Waals surface area contributed by atoms with Crippen LogP contribution in [0.1, 0.15) is 48.6 Å². The first-order valence-corrected chi connectivity index (χ1v) is 12.5. The minimum absolute atomic E-state index is 0.00912. The summed E-state index contributed by atoms with van der Waals surface area (Å²) in [5.41, 5.74) is 3.45. The van der Waals surface area contributed by atoms with Gasteiger partial charge in [-0.25, -0.2) is 21.1 Å². The predicted molar refractivity (Wildman–Crippen MR) is 94.7 cm³/mol. The second-order valence-corrected chi connectivity index (χ2v) is 11.9. The van der Waals surface area contributed by atoms with Crippen molar-refractivity contribution in [2.24, 2.45) is 5.92 Å². The molecule has 1 aromatic heterocycles. The van der Waals surface area contributed by atoms with Gasteiger partial charge in [-0.3, -0.25) is 5.10 Å². The second kappa shape index (κ2) is 6.35. The molecule has 2 aliphatic heterocycles. The molecule has 2 fully saturated rings. The first-order valence-electron chi connectivity index (χ1n) is 9.08. The van der Waals surface area contributed by atoms with E-state index < -0.39 is 19.9 Å². The maximum absolute atomic E-state index is 12.7. The largest absolute Gasteiger partial charge is 0.282 e. The van der Waals surface area contributed by atoms with Gasteiger partial charge < -0.3 is 0 Å². The zero-order valence-corrected chi connectivity index (χ0v) is 15.9. The average molecular weight is 388 g/mol. The predicted octanol–water partition coefficient (Wildman–Crippen LogP) is 0.842. The summed E-state index contributed by atoms with van der Waals surface area (Å²) in [7, 11) is -6.29. The van der Waals surface area contributed by atoms with Crippen LogP contribution in [0.15, 0.2) is 0 Å². The van der Waals surface area contributed by atoms with Gasteiger partial charge in [0.2, 0.25) is 10.0 Å². The van der Waals surface area contributed by atoms with Gasteiger partial charge in [-0.1, -0.05) is 0 Å². The fourth-order valence-electron chi connectivity index (χ4n) is 4.00. The van der Waals surface area contributed by atoms with E-state index in [1.807, 2.05) is 0 Å². The Morgan fingerprint density at radius 1 is 1.16 bits per heavy atom. The number of H-pyrrole nitrogens is 1. The number of fused-ring (bicyclic) bond motifs is 1. The summed E-state index contributed by atoms with van der Waals surface area (Å²) in [6.07, 6.45) is 4.80. The maximum Gasteiger partial charge on any atom is 0.214 e. The molecule has 1 N–H and O–H groups in total. The lowest BCUT2D eigenvalue weighted by atomic mass is 10.1. The smallest absolute Gasteiger partial charge is 0.214 e. The van der Waals surface area contributed by atoms with E-state index in [2.05, 4.69) is 10.2 Å². The van der Waals surface area contributed by atoms with Crippen LogP contribution in [0.3, 0.4) is 0 Å². The maximum atomic E-state index is 12.7. The zero-order valence-electron chi connectivity index (χ0n) is 14.3. The van der Waals surface area contributed by atoms with Crippen molar-refractivity contribution in [3.8, 4) is 0 Å². The van der Waals surface area contributed by atoms with Gasteiger partial charge in [-0.2, -0.15) is 5.10 Å². The molecule has 1 aromatic rings. The summed E-state index contributed by atoms with van der Waals surface area (Å²) in [5, 5.41) is 7.55. The Hall–Kier alpha value is -0.930. The Labute approximate surface area is 149 Å². The molecular weight excluding hydrogens is 362 g/mol. The first-order chi connectivity index (χ1) is 11.8. The molecule has 0 spiro atoms.